The van der Waals surface area contributed by atoms with Crippen molar-refractivity contribution in [3.8, 4) is 0 Å². The highest BCUT2D eigenvalue weighted by molar-refractivity contribution is 5.83. The SMILES string of the molecule is CCNC(=O)C(C)(C)CN=C(NCC)NC1CCCN(Cc2ccccc2)C1. The zero-order valence-electron chi connectivity index (χ0n) is 17.9. The minimum atomic E-state index is -0.524. The van der Waals surface area contributed by atoms with E-state index in [9.17, 15) is 4.79 Å². The molecule has 0 aromatic heterocycles. The zero-order valence-corrected chi connectivity index (χ0v) is 17.9. The van der Waals surface area contributed by atoms with Crippen molar-refractivity contribution in [1.82, 2.24) is 20.9 Å². The molecule has 1 aliphatic rings. The number of likely N-dealkylation sites (tertiary alicyclic amines) is 1. The van der Waals surface area contributed by atoms with Gasteiger partial charge in [0.2, 0.25) is 5.91 Å². The Labute approximate surface area is 170 Å². The third kappa shape index (κ3) is 7.15. The summed E-state index contributed by atoms with van der Waals surface area (Å²) in [5.41, 5.74) is 0.831. The van der Waals surface area contributed by atoms with Crippen LogP contribution in [0.15, 0.2) is 35.3 Å². The van der Waals surface area contributed by atoms with Crippen molar-refractivity contribution < 1.29 is 4.79 Å². The van der Waals surface area contributed by atoms with E-state index in [2.05, 4.69) is 58.1 Å². The number of rotatable bonds is 8. The van der Waals surface area contributed by atoms with Gasteiger partial charge < -0.3 is 16.0 Å². The number of piperidine rings is 1. The summed E-state index contributed by atoms with van der Waals surface area (Å²) in [7, 11) is 0. The second-order valence-electron chi connectivity index (χ2n) is 8.14. The average molecular weight is 388 g/mol. The van der Waals surface area contributed by atoms with Gasteiger partial charge in [0.05, 0.1) is 12.0 Å². The summed E-state index contributed by atoms with van der Waals surface area (Å²) in [6.07, 6.45) is 2.31. The van der Waals surface area contributed by atoms with E-state index >= 15 is 0 Å². The summed E-state index contributed by atoms with van der Waals surface area (Å²) in [4.78, 5) is 19.4. The predicted octanol–water partition coefficient (Wildman–Crippen LogP) is 2.37. The summed E-state index contributed by atoms with van der Waals surface area (Å²) in [6.45, 7) is 12.9. The predicted molar refractivity (Wildman–Crippen MR) is 116 cm³/mol. The van der Waals surface area contributed by atoms with Crippen molar-refractivity contribution in [3.05, 3.63) is 35.9 Å². The molecular weight excluding hydrogens is 350 g/mol. The Balaban J connectivity index is 1.93. The number of nitrogens with zero attached hydrogens (tertiary/aromatic N) is 2. The van der Waals surface area contributed by atoms with E-state index in [1.54, 1.807) is 0 Å². The van der Waals surface area contributed by atoms with Crippen molar-refractivity contribution >= 4 is 11.9 Å². The second kappa shape index (κ2) is 11.1. The van der Waals surface area contributed by atoms with E-state index in [1.807, 2.05) is 20.8 Å². The molecule has 0 saturated carbocycles. The summed E-state index contributed by atoms with van der Waals surface area (Å²) in [6, 6.07) is 11.0. The number of hydrogen-bond acceptors (Lipinski definition) is 3. The highest BCUT2D eigenvalue weighted by atomic mass is 16.2. The lowest BCUT2D eigenvalue weighted by atomic mass is 9.92. The third-order valence-corrected chi connectivity index (χ3v) is 5.02. The lowest BCUT2D eigenvalue weighted by Crippen LogP contribution is -2.51. The van der Waals surface area contributed by atoms with Gasteiger partial charge in [-0.2, -0.15) is 0 Å². The van der Waals surface area contributed by atoms with Crippen LogP contribution in [0.5, 0.6) is 0 Å². The lowest BCUT2D eigenvalue weighted by Gasteiger charge is -2.34. The van der Waals surface area contributed by atoms with Crippen molar-refractivity contribution in [2.24, 2.45) is 10.4 Å². The first-order chi connectivity index (χ1) is 13.4. The maximum absolute atomic E-state index is 12.2. The van der Waals surface area contributed by atoms with E-state index in [-0.39, 0.29) is 5.91 Å². The van der Waals surface area contributed by atoms with E-state index < -0.39 is 5.41 Å². The first-order valence-corrected chi connectivity index (χ1v) is 10.5. The van der Waals surface area contributed by atoms with Crippen LogP contribution in [-0.4, -0.2) is 55.5 Å². The monoisotopic (exact) mass is 387 g/mol. The topological polar surface area (TPSA) is 68.8 Å². The van der Waals surface area contributed by atoms with E-state index in [1.165, 1.54) is 12.0 Å². The summed E-state index contributed by atoms with van der Waals surface area (Å²) in [5, 5.41) is 9.80. The highest BCUT2D eigenvalue weighted by Gasteiger charge is 2.27. The Kier molecular flexibility index (Phi) is 8.77. The third-order valence-electron chi connectivity index (χ3n) is 5.02. The summed E-state index contributed by atoms with van der Waals surface area (Å²) in [5.74, 6) is 0.840. The Morgan fingerprint density at radius 1 is 1.18 bits per heavy atom. The number of carbonyl (C=O) groups is 1. The molecule has 1 saturated heterocycles. The minimum Gasteiger partial charge on any atom is -0.357 e. The van der Waals surface area contributed by atoms with Crippen LogP contribution in [0.2, 0.25) is 0 Å². The highest BCUT2D eigenvalue weighted by Crippen LogP contribution is 2.16. The zero-order chi connectivity index (χ0) is 20.4. The van der Waals surface area contributed by atoms with Crippen LogP contribution in [0.4, 0.5) is 0 Å². The van der Waals surface area contributed by atoms with Gasteiger partial charge in [-0.25, -0.2) is 0 Å². The maximum Gasteiger partial charge on any atom is 0.227 e. The Hall–Kier alpha value is -2.08. The van der Waals surface area contributed by atoms with Crippen LogP contribution in [-0.2, 0) is 11.3 Å². The Morgan fingerprint density at radius 3 is 2.57 bits per heavy atom. The van der Waals surface area contributed by atoms with Crippen LogP contribution >= 0.6 is 0 Å². The van der Waals surface area contributed by atoms with E-state index in [4.69, 9.17) is 4.99 Å². The molecule has 3 N–H and O–H groups in total. The molecule has 1 fully saturated rings. The van der Waals surface area contributed by atoms with Gasteiger partial charge in [0.25, 0.3) is 0 Å². The van der Waals surface area contributed by atoms with Crippen LogP contribution in [0.3, 0.4) is 0 Å². The van der Waals surface area contributed by atoms with Crippen LogP contribution in [0.1, 0.15) is 46.1 Å². The first-order valence-electron chi connectivity index (χ1n) is 10.5. The maximum atomic E-state index is 12.2. The molecule has 1 atom stereocenters. The Bertz CT molecular complexity index is 629. The number of carbonyl (C=O) groups excluding carboxylic acids is 1. The number of benzene rings is 1. The van der Waals surface area contributed by atoms with Gasteiger partial charge in [0, 0.05) is 32.2 Å². The molecule has 6 heteroatoms. The standard InChI is InChI=1S/C22H37N5O/c1-5-23-20(28)22(3,4)17-25-21(24-6-2)26-19-13-10-14-27(16-19)15-18-11-8-7-9-12-18/h7-9,11-12,19H,5-6,10,13-17H2,1-4H3,(H,23,28)(H2,24,25,26). The molecule has 2 rings (SSSR count). The van der Waals surface area contributed by atoms with Gasteiger partial charge in [-0.15, -0.1) is 0 Å². The molecule has 0 spiro atoms. The normalized spacial score (nSPS) is 18.6. The van der Waals surface area contributed by atoms with Crippen LogP contribution in [0, 0.1) is 5.41 Å². The molecule has 1 aromatic rings. The molecule has 1 unspecified atom stereocenters. The molecular formula is C22H37N5O. The number of aliphatic imine (C=N–C) groups is 1. The van der Waals surface area contributed by atoms with Gasteiger partial charge in [0.1, 0.15) is 0 Å². The lowest BCUT2D eigenvalue weighted by molar-refractivity contribution is -0.128. The summed E-state index contributed by atoms with van der Waals surface area (Å²) < 4.78 is 0. The molecule has 1 amide bonds. The molecule has 0 bridgehead atoms. The second-order valence-corrected chi connectivity index (χ2v) is 8.14. The fourth-order valence-corrected chi connectivity index (χ4v) is 3.42. The minimum absolute atomic E-state index is 0.0429. The van der Waals surface area contributed by atoms with Crippen LogP contribution < -0.4 is 16.0 Å². The molecule has 28 heavy (non-hydrogen) atoms. The average Bonchev–Trinajstić information content (AvgIpc) is 2.68. The largest absolute Gasteiger partial charge is 0.357 e. The Morgan fingerprint density at radius 2 is 1.89 bits per heavy atom. The van der Waals surface area contributed by atoms with Crippen molar-refractivity contribution in [2.45, 2.75) is 53.1 Å². The van der Waals surface area contributed by atoms with E-state index in [0.29, 0.717) is 19.1 Å². The number of nitrogens with one attached hydrogen (secondary N) is 3. The van der Waals surface area contributed by atoms with Crippen molar-refractivity contribution in [3.63, 3.8) is 0 Å². The molecule has 0 aliphatic carbocycles. The van der Waals surface area contributed by atoms with Crippen LogP contribution in [0.25, 0.3) is 0 Å². The number of amides is 1. The number of guanidine groups is 1. The molecule has 1 aromatic carbocycles. The van der Waals surface area contributed by atoms with Crippen molar-refractivity contribution in [2.75, 3.05) is 32.7 Å². The van der Waals surface area contributed by atoms with Gasteiger partial charge in [-0.05, 0) is 52.6 Å². The molecule has 0 radical (unpaired) electrons. The van der Waals surface area contributed by atoms with Gasteiger partial charge in [0.15, 0.2) is 5.96 Å². The number of hydrogen-bond donors (Lipinski definition) is 3. The quantitative estimate of drug-likeness (QED) is 0.473. The fourth-order valence-electron chi connectivity index (χ4n) is 3.42. The van der Waals surface area contributed by atoms with Gasteiger partial charge >= 0.3 is 0 Å². The first kappa shape index (κ1) is 22.2. The van der Waals surface area contributed by atoms with E-state index in [0.717, 1.165) is 38.6 Å². The fraction of sp³-hybridized carbons (Fsp3) is 0.636. The molecule has 1 aliphatic heterocycles. The van der Waals surface area contributed by atoms with Gasteiger partial charge in [-0.3, -0.25) is 14.7 Å². The molecule has 156 valence electrons. The molecule has 1 heterocycles. The van der Waals surface area contributed by atoms with Crippen molar-refractivity contribution in [1.29, 1.82) is 0 Å². The smallest absolute Gasteiger partial charge is 0.227 e. The summed E-state index contributed by atoms with van der Waals surface area (Å²) >= 11 is 0. The molecule has 6 nitrogen and oxygen atoms in total. The van der Waals surface area contributed by atoms with Gasteiger partial charge in [-0.1, -0.05) is 30.3 Å².